The van der Waals surface area contributed by atoms with Crippen LogP contribution in [0.4, 0.5) is 8.78 Å². The monoisotopic (exact) mass is 281 g/mol. The topological polar surface area (TPSA) is 60.9 Å². The van der Waals surface area contributed by atoms with E-state index in [1.807, 2.05) is 19.9 Å². The molecule has 2 aromatic rings. The third-order valence-electron chi connectivity index (χ3n) is 2.57. The van der Waals surface area contributed by atoms with Crippen molar-refractivity contribution in [2.24, 2.45) is 0 Å². The van der Waals surface area contributed by atoms with Gasteiger partial charge in [0.25, 0.3) is 11.4 Å². The first-order chi connectivity index (χ1) is 9.47. The molecule has 0 aromatic carbocycles. The van der Waals surface area contributed by atoms with Gasteiger partial charge in [-0.05, 0) is 19.9 Å². The fraction of sp³-hybridized carbons (Fsp3) is 0.308. The van der Waals surface area contributed by atoms with Gasteiger partial charge in [-0.3, -0.25) is 4.79 Å². The number of aromatic nitrogens is 3. The fourth-order valence-corrected chi connectivity index (χ4v) is 1.51. The molecule has 0 unspecified atom stereocenters. The van der Waals surface area contributed by atoms with Gasteiger partial charge >= 0.3 is 6.43 Å². The third-order valence-corrected chi connectivity index (χ3v) is 2.57. The lowest BCUT2D eigenvalue weighted by molar-refractivity contribution is 0.116. The first kappa shape index (κ1) is 14.1. The van der Waals surface area contributed by atoms with Crippen LogP contribution in [0.25, 0.3) is 11.5 Å². The lowest BCUT2D eigenvalue weighted by atomic mass is 10.2. The lowest BCUT2D eigenvalue weighted by Crippen LogP contribution is -2.17. The summed E-state index contributed by atoms with van der Waals surface area (Å²) >= 11 is 0. The lowest BCUT2D eigenvalue weighted by Gasteiger charge is -2.02. The molecular weight excluding hydrogens is 268 g/mol. The maximum atomic E-state index is 12.3. The van der Waals surface area contributed by atoms with Gasteiger partial charge in [0.2, 0.25) is 5.89 Å². The molecule has 0 radical (unpaired) electrons. The average molecular weight is 281 g/mol. The molecule has 20 heavy (non-hydrogen) atoms. The molecule has 0 bridgehead atoms. The molecule has 0 atom stereocenters. The van der Waals surface area contributed by atoms with Crippen LogP contribution in [-0.4, -0.2) is 14.8 Å². The number of pyridine rings is 1. The van der Waals surface area contributed by atoms with Crippen molar-refractivity contribution in [2.75, 3.05) is 0 Å². The standard InChI is InChI=1S/C13H13F2N3O2/c1-8(2)3-5-18-6-4-9(7-10(18)19)12-16-17-13(20-12)11(14)15/h3-4,6-7,11H,5H2,1-2H3. The summed E-state index contributed by atoms with van der Waals surface area (Å²) in [5.41, 5.74) is 1.15. The highest BCUT2D eigenvalue weighted by molar-refractivity contribution is 5.50. The highest BCUT2D eigenvalue weighted by atomic mass is 19.3. The molecule has 0 fully saturated rings. The first-order valence-electron chi connectivity index (χ1n) is 5.93. The summed E-state index contributed by atoms with van der Waals surface area (Å²) in [6.45, 7) is 4.32. The predicted molar refractivity (Wildman–Crippen MR) is 68.4 cm³/mol. The van der Waals surface area contributed by atoms with Crippen LogP contribution in [0.15, 0.2) is 39.2 Å². The Labute approximate surface area is 113 Å². The molecule has 0 N–H and O–H groups in total. The number of alkyl halides is 2. The van der Waals surface area contributed by atoms with Gasteiger partial charge in [-0.25, -0.2) is 0 Å². The van der Waals surface area contributed by atoms with Crippen molar-refractivity contribution in [3.63, 3.8) is 0 Å². The molecule has 0 aliphatic rings. The van der Waals surface area contributed by atoms with E-state index in [1.165, 1.54) is 10.6 Å². The number of nitrogens with zero attached hydrogens (tertiary/aromatic N) is 3. The quantitative estimate of drug-likeness (QED) is 0.808. The van der Waals surface area contributed by atoms with E-state index in [0.717, 1.165) is 5.57 Å². The number of hydrogen-bond acceptors (Lipinski definition) is 4. The zero-order chi connectivity index (χ0) is 14.7. The van der Waals surface area contributed by atoms with Crippen LogP contribution >= 0.6 is 0 Å². The van der Waals surface area contributed by atoms with E-state index in [4.69, 9.17) is 4.42 Å². The third kappa shape index (κ3) is 3.17. The molecule has 0 spiro atoms. The molecular formula is C13H13F2N3O2. The molecule has 0 saturated heterocycles. The summed E-state index contributed by atoms with van der Waals surface area (Å²) < 4.78 is 31.0. The van der Waals surface area contributed by atoms with Gasteiger partial charge in [-0.15, -0.1) is 10.2 Å². The molecule has 0 aliphatic carbocycles. The second kappa shape index (κ2) is 5.77. The first-order valence-corrected chi connectivity index (χ1v) is 5.93. The van der Waals surface area contributed by atoms with Crippen LogP contribution in [-0.2, 0) is 6.54 Å². The normalized spacial score (nSPS) is 10.8. The van der Waals surface area contributed by atoms with E-state index in [-0.39, 0.29) is 11.4 Å². The van der Waals surface area contributed by atoms with Crippen molar-refractivity contribution < 1.29 is 13.2 Å². The Balaban J connectivity index is 2.28. The minimum absolute atomic E-state index is 0.0910. The number of halogens is 2. The largest absolute Gasteiger partial charge is 0.415 e. The molecule has 0 aliphatic heterocycles. The number of allylic oxidation sites excluding steroid dienone is 2. The van der Waals surface area contributed by atoms with Crippen molar-refractivity contribution in [1.29, 1.82) is 0 Å². The molecule has 0 saturated carbocycles. The molecule has 2 rings (SSSR count). The summed E-state index contributed by atoms with van der Waals surface area (Å²) in [7, 11) is 0. The van der Waals surface area contributed by atoms with Crippen LogP contribution in [0.2, 0.25) is 0 Å². The number of rotatable bonds is 4. The number of hydrogen-bond donors (Lipinski definition) is 0. The van der Waals surface area contributed by atoms with Gasteiger partial charge in [-0.2, -0.15) is 8.78 Å². The Morgan fingerprint density at radius 1 is 1.45 bits per heavy atom. The Morgan fingerprint density at radius 3 is 2.75 bits per heavy atom. The maximum Gasteiger partial charge on any atom is 0.314 e. The van der Waals surface area contributed by atoms with Gasteiger partial charge in [0.1, 0.15) is 0 Å². The summed E-state index contributed by atoms with van der Waals surface area (Å²) in [5, 5.41) is 6.71. The highest BCUT2D eigenvalue weighted by Crippen LogP contribution is 2.21. The van der Waals surface area contributed by atoms with E-state index in [0.29, 0.717) is 12.1 Å². The predicted octanol–water partition coefficient (Wildman–Crippen LogP) is 2.80. The molecule has 2 heterocycles. The van der Waals surface area contributed by atoms with Gasteiger partial charge in [0.15, 0.2) is 0 Å². The Hall–Kier alpha value is -2.31. The Bertz CT molecular complexity index is 685. The SMILES string of the molecule is CC(C)=CCn1ccc(-c2nnc(C(F)F)o2)cc1=O. The highest BCUT2D eigenvalue weighted by Gasteiger charge is 2.17. The van der Waals surface area contributed by atoms with Crippen molar-refractivity contribution in [3.05, 3.63) is 46.2 Å². The molecule has 106 valence electrons. The Morgan fingerprint density at radius 2 is 2.20 bits per heavy atom. The average Bonchev–Trinajstić information content (AvgIpc) is 2.86. The molecule has 2 aromatic heterocycles. The van der Waals surface area contributed by atoms with E-state index < -0.39 is 12.3 Å². The van der Waals surface area contributed by atoms with Gasteiger partial charge in [-0.1, -0.05) is 11.6 Å². The van der Waals surface area contributed by atoms with E-state index in [9.17, 15) is 13.6 Å². The van der Waals surface area contributed by atoms with Crippen LogP contribution in [0, 0.1) is 0 Å². The summed E-state index contributed by atoms with van der Waals surface area (Å²) in [5.74, 6) is -0.847. The van der Waals surface area contributed by atoms with Gasteiger partial charge in [0, 0.05) is 24.4 Å². The zero-order valence-electron chi connectivity index (χ0n) is 11.0. The van der Waals surface area contributed by atoms with Crippen molar-refractivity contribution in [3.8, 4) is 11.5 Å². The van der Waals surface area contributed by atoms with Crippen LogP contribution in [0.3, 0.4) is 0 Å². The molecule has 0 amide bonds. The zero-order valence-corrected chi connectivity index (χ0v) is 11.0. The minimum Gasteiger partial charge on any atom is -0.415 e. The van der Waals surface area contributed by atoms with Crippen LogP contribution in [0.1, 0.15) is 26.2 Å². The fourth-order valence-electron chi connectivity index (χ4n) is 1.51. The second-order valence-corrected chi connectivity index (χ2v) is 4.43. The van der Waals surface area contributed by atoms with Gasteiger partial charge < -0.3 is 8.98 Å². The molecule has 7 heteroatoms. The van der Waals surface area contributed by atoms with Crippen molar-refractivity contribution >= 4 is 0 Å². The van der Waals surface area contributed by atoms with E-state index in [1.54, 1.807) is 12.3 Å². The van der Waals surface area contributed by atoms with Crippen molar-refractivity contribution in [2.45, 2.75) is 26.8 Å². The summed E-state index contributed by atoms with van der Waals surface area (Å²) in [6.07, 6.45) is 0.640. The summed E-state index contributed by atoms with van der Waals surface area (Å²) in [4.78, 5) is 11.9. The molecule has 5 nitrogen and oxygen atoms in total. The van der Waals surface area contributed by atoms with Gasteiger partial charge in [0.05, 0.1) is 0 Å². The van der Waals surface area contributed by atoms with Crippen molar-refractivity contribution in [1.82, 2.24) is 14.8 Å². The minimum atomic E-state index is -2.82. The summed E-state index contributed by atoms with van der Waals surface area (Å²) in [6, 6.07) is 2.85. The maximum absolute atomic E-state index is 12.3. The van der Waals surface area contributed by atoms with Crippen LogP contribution in [0.5, 0.6) is 0 Å². The Kier molecular flexibility index (Phi) is 4.07. The smallest absolute Gasteiger partial charge is 0.314 e. The second-order valence-electron chi connectivity index (χ2n) is 4.43. The van der Waals surface area contributed by atoms with E-state index in [2.05, 4.69) is 10.2 Å². The van der Waals surface area contributed by atoms with E-state index >= 15 is 0 Å². The van der Waals surface area contributed by atoms with Crippen LogP contribution < -0.4 is 5.56 Å².